The summed E-state index contributed by atoms with van der Waals surface area (Å²) in [6.45, 7) is 1.63. The van der Waals surface area contributed by atoms with E-state index in [1.54, 1.807) is 18.3 Å². The number of thiophene rings is 1. The highest BCUT2D eigenvalue weighted by atomic mass is 32.1. The molecule has 15 heavy (non-hydrogen) atoms. The average Bonchev–Trinajstić information content (AvgIpc) is 2.73. The summed E-state index contributed by atoms with van der Waals surface area (Å²) in [7, 11) is 0. The number of fused-ring (bicyclic) bond motifs is 3. The minimum Gasteiger partial charge on any atom is -0.424 e. The van der Waals surface area contributed by atoms with Crippen molar-refractivity contribution in [1.82, 2.24) is 9.71 Å². The van der Waals surface area contributed by atoms with Crippen LogP contribution in [0.4, 0.5) is 0 Å². The molecule has 0 aromatic carbocycles. The zero-order chi connectivity index (χ0) is 10.6. The fraction of sp³-hybridized carbons (Fsp3) is 0.400. The fourth-order valence-electron chi connectivity index (χ4n) is 2.14. The zero-order valence-electron chi connectivity index (χ0n) is 8.28. The lowest BCUT2D eigenvalue weighted by molar-refractivity contribution is 0.166. The average molecular weight is 222 g/mol. The standard InChI is InChI=1S/C10H10N2O2S/c1-5-11-9-8(10(13)12(5)14)6-3-2-4-7(6)15-9/h14H,2-4H2,1H3. The Morgan fingerprint density at radius 1 is 1.47 bits per heavy atom. The molecular weight excluding hydrogens is 212 g/mol. The van der Waals surface area contributed by atoms with Crippen LogP contribution in [0, 0.1) is 6.92 Å². The van der Waals surface area contributed by atoms with Crippen molar-refractivity contribution in [3.8, 4) is 0 Å². The third kappa shape index (κ3) is 1.07. The maximum Gasteiger partial charge on any atom is 0.295 e. The normalized spacial score (nSPS) is 14.7. The summed E-state index contributed by atoms with van der Waals surface area (Å²) >= 11 is 1.59. The number of aryl methyl sites for hydroxylation is 3. The van der Waals surface area contributed by atoms with Gasteiger partial charge in [-0.2, -0.15) is 0 Å². The van der Waals surface area contributed by atoms with Crippen molar-refractivity contribution in [3.05, 3.63) is 26.6 Å². The number of hydrogen-bond donors (Lipinski definition) is 1. The Kier molecular flexibility index (Phi) is 1.68. The molecule has 0 fully saturated rings. The monoisotopic (exact) mass is 222 g/mol. The van der Waals surface area contributed by atoms with Crippen LogP contribution in [0.5, 0.6) is 0 Å². The first-order chi connectivity index (χ1) is 7.18. The van der Waals surface area contributed by atoms with Gasteiger partial charge in [0.05, 0.1) is 5.39 Å². The van der Waals surface area contributed by atoms with Crippen LogP contribution < -0.4 is 5.56 Å². The second-order valence-electron chi connectivity index (χ2n) is 3.81. The molecule has 0 aliphatic heterocycles. The highest BCUT2D eigenvalue weighted by Crippen LogP contribution is 2.34. The second-order valence-corrected chi connectivity index (χ2v) is 4.90. The molecule has 1 aliphatic carbocycles. The molecule has 0 saturated carbocycles. The maximum atomic E-state index is 11.8. The van der Waals surface area contributed by atoms with Gasteiger partial charge in [0, 0.05) is 4.88 Å². The fourth-order valence-corrected chi connectivity index (χ4v) is 3.43. The zero-order valence-corrected chi connectivity index (χ0v) is 9.10. The Morgan fingerprint density at radius 3 is 3.07 bits per heavy atom. The SMILES string of the molecule is Cc1nc2sc3c(c2c(=O)n1O)CCC3. The lowest BCUT2D eigenvalue weighted by Gasteiger charge is -2.00. The molecule has 0 unspecified atom stereocenters. The van der Waals surface area contributed by atoms with Gasteiger partial charge in [-0.3, -0.25) is 4.79 Å². The molecule has 2 aromatic heterocycles. The summed E-state index contributed by atoms with van der Waals surface area (Å²) in [6, 6.07) is 0. The molecule has 0 atom stereocenters. The van der Waals surface area contributed by atoms with Gasteiger partial charge in [0.1, 0.15) is 10.7 Å². The molecule has 0 saturated heterocycles. The molecule has 4 nitrogen and oxygen atoms in total. The topological polar surface area (TPSA) is 55.1 Å². The van der Waals surface area contributed by atoms with E-state index in [1.165, 1.54) is 4.88 Å². The van der Waals surface area contributed by atoms with Crippen LogP contribution >= 0.6 is 11.3 Å². The van der Waals surface area contributed by atoms with Crippen molar-refractivity contribution >= 4 is 21.6 Å². The molecule has 0 spiro atoms. The molecule has 2 aromatic rings. The van der Waals surface area contributed by atoms with Crippen molar-refractivity contribution in [2.24, 2.45) is 0 Å². The van der Waals surface area contributed by atoms with Crippen LogP contribution in [0.25, 0.3) is 10.2 Å². The lowest BCUT2D eigenvalue weighted by Crippen LogP contribution is -2.21. The largest absolute Gasteiger partial charge is 0.424 e. The van der Waals surface area contributed by atoms with Gasteiger partial charge in [-0.25, -0.2) is 4.98 Å². The Bertz CT molecular complexity index is 612. The van der Waals surface area contributed by atoms with Crippen molar-refractivity contribution < 1.29 is 5.21 Å². The van der Waals surface area contributed by atoms with Gasteiger partial charge in [0.2, 0.25) is 0 Å². The van der Waals surface area contributed by atoms with E-state index in [0.29, 0.717) is 15.9 Å². The Labute approximate surface area is 89.8 Å². The molecule has 3 rings (SSSR count). The van der Waals surface area contributed by atoms with E-state index in [9.17, 15) is 10.0 Å². The van der Waals surface area contributed by atoms with Gasteiger partial charge < -0.3 is 5.21 Å². The molecule has 0 amide bonds. The van der Waals surface area contributed by atoms with E-state index in [0.717, 1.165) is 29.7 Å². The summed E-state index contributed by atoms with van der Waals surface area (Å²) in [6.07, 6.45) is 3.09. The molecule has 1 aliphatic rings. The van der Waals surface area contributed by atoms with Gasteiger partial charge in [0.25, 0.3) is 5.56 Å². The minimum absolute atomic E-state index is 0.322. The number of rotatable bonds is 0. The first-order valence-corrected chi connectivity index (χ1v) is 5.73. The van der Waals surface area contributed by atoms with Crippen LogP contribution in [-0.4, -0.2) is 14.9 Å². The van der Waals surface area contributed by atoms with E-state index in [1.807, 2.05) is 0 Å². The lowest BCUT2D eigenvalue weighted by atomic mass is 10.2. The van der Waals surface area contributed by atoms with Crippen molar-refractivity contribution in [1.29, 1.82) is 0 Å². The third-order valence-corrected chi connectivity index (χ3v) is 4.06. The Hall–Kier alpha value is -1.36. The van der Waals surface area contributed by atoms with Gasteiger partial charge in [-0.05, 0) is 31.7 Å². The molecule has 2 heterocycles. The van der Waals surface area contributed by atoms with Gasteiger partial charge >= 0.3 is 0 Å². The van der Waals surface area contributed by atoms with E-state index in [4.69, 9.17) is 0 Å². The first kappa shape index (κ1) is 8.91. The predicted octanol–water partition coefficient (Wildman–Crippen LogP) is 1.49. The summed E-state index contributed by atoms with van der Waals surface area (Å²) < 4.78 is 0.646. The summed E-state index contributed by atoms with van der Waals surface area (Å²) in [4.78, 5) is 18.1. The van der Waals surface area contributed by atoms with Gasteiger partial charge in [-0.1, -0.05) is 0 Å². The molecule has 0 bridgehead atoms. The van der Waals surface area contributed by atoms with Crippen molar-refractivity contribution in [3.63, 3.8) is 0 Å². The van der Waals surface area contributed by atoms with Crippen LogP contribution in [0.2, 0.25) is 0 Å². The second kappa shape index (κ2) is 2.82. The highest BCUT2D eigenvalue weighted by molar-refractivity contribution is 7.18. The summed E-state index contributed by atoms with van der Waals surface area (Å²) in [5, 5.41) is 10.1. The number of aromatic nitrogens is 2. The minimum atomic E-state index is -0.322. The van der Waals surface area contributed by atoms with Crippen LogP contribution in [-0.2, 0) is 12.8 Å². The molecule has 0 radical (unpaired) electrons. The smallest absolute Gasteiger partial charge is 0.295 e. The molecule has 78 valence electrons. The van der Waals surface area contributed by atoms with Gasteiger partial charge in [0.15, 0.2) is 0 Å². The molecule has 5 heteroatoms. The number of nitrogens with zero attached hydrogens (tertiary/aromatic N) is 2. The molecule has 1 N–H and O–H groups in total. The maximum absolute atomic E-state index is 11.8. The number of hydrogen-bond acceptors (Lipinski definition) is 4. The highest BCUT2D eigenvalue weighted by Gasteiger charge is 2.22. The van der Waals surface area contributed by atoms with E-state index in [2.05, 4.69) is 4.98 Å². The van der Waals surface area contributed by atoms with E-state index < -0.39 is 0 Å². The van der Waals surface area contributed by atoms with Crippen molar-refractivity contribution in [2.45, 2.75) is 26.2 Å². The Balaban J connectivity index is 2.52. The summed E-state index contributed by atoms with van der Waals surface area (Å²) in [5.74, 6) is 0.354. The molecular formula is C10H10N2O2S. The van der Waals surface area contributed by atoms with E-state index in [-0.39, 0.29) is 5.56 Å². The quantitative estimate of drug-likeness (QED) is 0.687. The first-order valence-electron chi connectivity index (χ1n) is 4.91. The Morgan fingerprint density at radius 2 is 2.27 bits per heavy atom. The summed E-state index contributed by atoms with van der Waals surface area (Å²) in [5.41, 5.74) is 0.784. The van der Waals surface area contributed by atoms with Crippen LogP contribution in [0.3, 0.4) is 0 Å². The third-order valence-electron chi connectivity index (χ3n) is 2.88. The van der Waals surface area contributed by atoms with Crippen LogP contribution in [0.1, 0.15) is 22.7 Å². The van der Waals surface area contributed by atoms with Crippen LogP contribution in [0.15, 0.2) is 4.79 Å². The predicted molar refractivity (Wildman–Crippen MR) is 57.8 cm³/mol. The van der Waals surface area contributed by atoms with Crippen molar-refractivity contribution in [2.75, 3.05) is 0 Å². The van der Waals surface area contributed by atoms with Gasteiger partial charge in [-0.15, -0.1) is 16.1 Å². The van der Waals surface area contributed by atoms with E-state index >= 15 is 0 Å².